The van der Waals surface area contributed by atoms with E-state index in [1.807, 2.05) is 0 Å². The van der Waals surface area contributed by atoms with Gasteiger partial charge in [-0.25, -0.2) is 4.39 Å². The summed E-state index contributed by atoms with van der Waals surface area (Å²) in [5, 5.41) is 9.12. The SMILES string of the molecule is CO[C@H]1CN(C(=O)c2cc(F)c(O)c(Cl)c2)CC[C@@H]1C. The number of ether oxygens (including phenoxy) is 1. The molecular formula is C14H17ClFNO3. The number of phenolic OH excluding ortho intramolecular Hbond substituents is 1. The average Bonchev–Trinajstić information content (AvgIpc) is 2.44. The smallest absolute Gasteiger partial charge is 0.254 e. The molecule has 0 aromatic heterocycles. The lowest BCUT2D eigenvalue weighted by molar-refractivity contribution is -0.00158. The summed E-state index contributed by atoms with van der Waals surface area (Å²) in [6.45, 7) is 3.14. The Balaban J connectivity index is 2.19. The normalized spacial score (nSPS) is 22.9. The third-order valence-corrected chi connectivity index (χ3v) is 4.03. The van der Waals surface area contributed by atoms with E-state index in [-0.39, 0.29) is 22.6 Å². The Morgan fingerprint density at radius 2 is 2.25 bits per heavy atom. The zero-order chi connectivity index (χ0) is 14.9. The molecule has 4 nitrogen and oxygen atoms in total. The number of piperidine rings is 1. The van der Waals surface area contributed by atoms with Gasteiger partial charge in [-0.3, -0.25) is 4.79 Å². The second-order valence-corrected chi connectivity index (χ2v) is 5.49. The fourth-order valence-corrected chi connectivity index (χ4v) is 2.60. The van der Waals surface area contributed by atoms with Gasteiger partial charge in [0.05, 0.1) is 11.1 Å². The van der Waals surface area contributed by atoms with Gasteiger partial charge in [-0.1, -0.05) is 18.5 Å². The monoisotopic (exact) mass is 301 g/mol. The Bertz CT molecular complexity index is 500. The maximum Gasteiger partial charge on any atom is 0.254 e. The Labute approximate surface area is 122 Å². The number of likely N-dealkylation sites (tertiary alicyclic amines) is 1. The molecule has 20 heavy (non-hydrogen) atoms. The van der Waals surface area contributed by atoms with Crippen molar-refractivity contribution in [2.75, 3.05) is 20.2 Å². The van der Waals surface area contributed by atoms with Gasteiger partial charge in [0, 0.05) is 25.8 Å². The van der Waals surface area contributed by atoms with Gasteiger partial charge in [-0.05, 0) is 24.5 Å². The first-order valence-corrected chi connectivity index (χ1v) is 6.82. The molecule has 1 aromatic rings. The van der Waals surface area contributed by atoms with Gasteiger partial charge >= 0.3 is 0 Å². The van der Waals surface area contributed by atoms with Gasteiger partial charge in [-0.2, -0.15) is 0 Å². The molecule has 0 saturated carbocycles. The molecule has 1 N–H and O–H groups in total. The molecule has 6 heteroatoms. The van der Waals surface area contributed by atoms with Gasteiger partial charge in [0.1, 0.15) is 0 Å². The molecule has 1 saturated heterocycles. The van der Waals surface area contributed by atoms with E-state index < -0.39 is 11.6 Å². The third kappa shape index (κ3) is 2.88. The van der Waals surface area contributed by atoms with Crippen molar-refractivity contribution in [3.8, 4) is 5.75 Å². The first-order chi connectivity index (χ1) is 9.43. The molecule has 0 spiro atoms. The minimum absolute atomic E-state index is 0.0230. The summed E-state index contributed by atoms with van der Waals surface area (Å²) in [5.74, 6) is -1.45. The van der Waals surface area contributed by atoms with Crippen LogP contribution in [0.1, 0.15) is 23.7 Å². The van der Waals surface area contributed by atoms with E-state index in [1.54, 1.807) is 12.0 Å². The molecule has 1 heterocycles. The molecule has 0 bridgehead atoms. The highest BCUT2D eigenvalue weighted by Crippen LogP contribution is 2.29. The van der Waals surface area contributed by atoms with Crippen molar-refractivity contribution in [3.63, 3.8) is 0 Å². The number of phenols is 1. The van der Waals surface area contributed by atoms with Crippen molar-refractivity contribution < 1.29 is 19.0 Å². The van der Waals surface area contributed by atoms with E-state index in [2.05, 4.69) is 6.92 Å². The van der Waals surface area contributed by atoms with Crippen LogP contribution in [0.15, 0.2) is 12.1 Å². The van der Waals surface area contributed by atoms with Crippen LogP contribution in [0.3, 0.4) is 0 Å². The van der Waals surface area contributed by atoms with E-state index in [1.165, 1.54) is 6.07 Å². The molecule has 1 aliphatic rings. The highest BCUT2D eigenvalue weighted by Gasteiger charge is 2.29. The number of hydrogen-bond donors (Lipinski definition) is 1. The predicted octanol–water partition coefficient (Wildman–Crippen LogP) is 2.68. The molecule has 2 atom stereocenters. The molecule has 2 rings (SSSR count). The number of rotatable bonds is 2. The lowest BCUT2D eigenvalue weighted by Crippen LogP contribution is -2.46. The van der Waals surface area contributed by atoms with E-state index >= 15 is 0 Å². The molecular weight excluding hydrogens is 285 g/mol. The van der Waals surface area contributed by atoms with E-state index in [9.17, 15) is 14.3 Å². The molecule has 1 aromatic carbocycles. The van der Waals surface area contributed by atoms with Crippen LogP contribution in [-0.4, -0.2) is 42.2 Å². The zero-order valence-electron chi connectivity index (χ0n) is 11.4. The van der Waals surface area contributed by atoms with Crippen LogP contribution >= 0.6 is 11.6 Å². The maximum atomic E-state index is 13.4. The molecule has 1 amide bonds. The highest BCUT2D eigenvalue weighted by molar-refractivity contribution is 6.32. The summed E-state index contributed by atoms with van der Waals surface area (Å²) < 4.78 is 18.8. The number of hydrogen-bond acceptors (Lipinski definition) is 3. The number of aromatic hydroxyl groups is 1. The lowest BCUT2D eigenvalue weighted by Gasteiger charge is -2.36. The highest BCUT2D eigenvalue weighted by atomic mass is 35.5. The van der Waals surface area contributed by atoms with Crippen LogP contribution in [-0.2, 0) is 4.74 Å². The van der Waals surface area contributed by atoms with Crippen LogP contribution in [0.5, 0.6) is 5.75 Å². The molecule has 1 fully saturated rings. The first kappa shape index (κ1) is 15.1. The summed E-state index contributed by atoms with van der Waals surface area (Å²) in [7, 11) is 1.62. The minimum Gasteiger partial charge on any atom is -0.504 e. The second-order valence-electron chi connectivity index (χ2n) is 5.08. The number of halogens is 2. The molecule has 0 aliphatic carbocycles. The van der Waals surface area contributed by atoms with E-state index in [0.717, 1.165) is 12.5 Å². The average molecular weight is 302 g/mol. The van der Waals surface area contributed by atoms with Gasteiger partial charge in [0.2, 0.25) is 0 Å². The number of amides is 1. The number of carbonyl (C=O) groups is 1. The van der Waals surface area contributed by atoms with Crippen molar-refractivity contribution in [1.29, 1.82) is 0 Å². The van der Waals surface area contributed by atoms with Crippen molar-refractivity contribution in [2.24, 2.45) is 5.92 Å². The largest absolute Gasteiger partial charge is 0.504 e. The van der Waals surface area contributed by atoms with Crippen LogP contribution in [0.25, 0.3) is 0 Å². The summed E-state index contributed by atoms with van der Waals surface area (Å²) >= 11 is 5.70. The summed E-state index contributed by atoms with van der Waals surface area (Å²) in [5.41, 5.74) is 0.134. The Kier molecular flexibility index (Phi) is 4.50. The standard InChI is InChI=1S/C14H17ClFNO3/c1-8-3-4-17(7-12(8)20-2)14(19)9-5-10(15)13(18)11(16)6-9/h5-6,8,12,18H,3-4,7H2,1-2H3/t8-,12-/m0/s1. The van der Waals surface area contributed by atoms with Crippen molar-refractivity contribution >= 4 is 17.5 Å². The number of nitrogens with zero attached hydrogens (tertiary/aromatic N) is 1. The maximum absolute atomic E-state index is 13.4. The lowest BCUT2D eigenvalue weighted by atomic mass is 9.95. The van der Waals surface area contributed by atoms with Crippen molar-refractivity contribution in [1.82, 2.24) is 4.90 Å². The van der Waals surface area contributed by atoms with Crippen molar-refractivity contribution in [2.45, 2.75) is 19.4 Å². The summed E-state index contributed by atoms with van der Waals surface area (Å²) in [6, 6.07) is 2.28. The molecule has 0 unspecified atom stereocenters. The molecule has 1 aliphatic heterocycles. The predicted molar refractivity (Wildman–Crippen MR) is 73.6 cm³/mol. The Hall–Kier alpha value is -1.33. The van der Waals surface area contributed by atoms with Gasteiger partial charge in [0.15, 0.2) is 11.6 Å². The van der Waals surface area contributed by atoms with Gasteiger partial charge < -0.3 is 14.7 Å². The zero-order valence-corrected chi connectivity index (χ0v) is 12.2. The number of methoxy groups -OCH3 is 1. The fraction of sp³-hybridized carbons (Fsp3) is 0.500. The second kappa shape index (κ2) is 5.97. The number of carbonyl (C=O) groups excluding carboxylic acids is 1. The minimum atomic E-state index is -0.894. The first-order valence-electron chi connectivity index (χ1n) is 6.44. The van der Waals surface area contributed by atoms with Gasteiger partial charge in [0.25, 0.3) is 5.91 Å². The third-order valence-electron chi connectivity index (χ3n) is 3.74. The molecule has 110 valence electrons. The van der Waals surface area contributed by atoms with E-state index in [0.29, 0.717) is 19.0 Å². The van der Waals surface area contributed by atoms with E-state index in [4.69, 9.17) is 16.3 Å². The summed E-state index contributed by atoms with van der Waals surface area (Å²) in [6.07, 6.45) is 0.809. The van der Waals surface area contributed by atoms with Crippen LogP contribution < -0.4 is 0 Å². The summed E-state index contributed by atoms with van der Waals surface area (Å²) in [4.78, 5) is 14.0. The van der Waals surface area contributed by atoms with Crippen LogP contribution in [0.2, 0.25) is 5.02 Å². The fourth-order valence-electron chi connectivity index (χ4n) is 2.40. The topological polar surface area (TPSA) is 49.8 Å². The molecule has 0 radical (unpaired) electrons. The quantitative estimate of drug-likeness (QED) is 0.913. The van der Waals surface area contributed by atoms with Crippen LogP contribution in [0, 0.1) is 11.7 Å². The van der Waals surface area contributed by atoms with Crippen LogP contribution in [0.4, 0.5) is 4.39 Å². The number of benzene rings is 1. The van der Waals surface area contributed by atoms with Gasteiger partial charge in [-0.15, -0.1) is 0 Å². The Morgan fingerprint density at radius 3 is 2.85 bits per heavy atom. The van der Waals surface area contributed by atoms with Crippen molar-refractivity contribution in [3.05, 3.63) is 28.5 Å². The Morgan fingerprint density at radius 1 is 1.55 bits per heavy atom.